The molecule has 0 amide bonds. The van der Waals surface area contributed by atoms with Crippen LogP contribution >= 0.6 is 0 Å². The molecular formula is C31H41N7O. The van der Waals surface area contributed by atoms with E-state index in [4.69, 9.17) is 14.9 Å². The summed E-state index contributed by atoms with van der Waals surface area (Å²) in [6, 6.07) is 6.75. The van der Waals surface area contributed by atoms with E-state index in [0.29, 0.717) is 0 Å². The Morgan fingerprint density at radius 1 is 0.974 bits per heavy atom. The Bertz CT molecular complexity index is 1370. The molecule has 206 valence electrons. The first-order valence-corrected chi connectivity index (χ1v) is 14.4. The van der Waals surface area contributed by atoms with Crippen molar-refractivity contribution in [1.82, 2.24) is 25.0 Å². The average Bonchev–Trinajstić information content (AvgIpc) is 3.12. The number of hydrogen-bond acceptors (Lipinski definition) is 7. The zero-order valence-electron chi connectivity index (χ0n) is 24.0. The number of benzene rings is 1. The highest BCUT2D eigenvalue weighted by atomic mass is 16.5. The molecule has 8 nitrogen and oxygen atoms in total. The van der Waals surface area contributed by atoms with Crippen LogP contribution in [0.5, 0.6) is 0 Å². The number of aryl methyl sites for hydroxylation is 2. The quantitative estimate of drug-likeness (QED) is 0.518. The van der Waals surface area contributed by atoms with Gasteiger partial charge in [-0.05, 0) is 55.9 Å². The fourth-order valence-corrected chi connectivity index (χ4v) is 5.59. The first kappa shape index (κ1) is 27.1. The highest BCUT2D eigenvalue weighted by molar-refractivity contribution is 6.11. The molecule has 39 heavy (non-hydrogen) atoms. The van der Waals surface area contributed by atoms with E-state index in [9.17, 15) is 0 Å². The summed E-state index contributed by atoms with van der Waals surface area (Å²) in [5, 5.41) is 17.7. The number of nitrogens with zero attached hydrogens (tertiary/aromatic N) is 6. The lowest BCUT2D eigenvalue weighted by Gasteiger charge is -2.29. The molecule has 5 rings (SSSR count). The molecule has 1 saturated heterocycles. The van der Waals surface area contributed by atoms with Gasteiger partial charge >= 0.3 is 0 Å². The van der Waals surface area contributed by atoms with E-state index in [1.807, 2.05) is 11.6 Å². The van der Waals surface area contributed by atoms with Gasteiger partial charge in [-0.25, -0.2) is 4.98 Å². The third-order valence-corrected chi connectivity index (χ3v) is 7.76. The van der Waals surface area contributed by atoms with Crippen molar-refractivity contribution >= 4 is 29.1 Å². The maximum Gasteiger partial charge on any atom is 0.220 e. The van der Waals surface area contributed by atoms with Crippen molar-refractivity contribution in [3.8, 4) is 0 Å². The van der Waals surface area contributed by atoms with Crippen LogP contribution in [0.15, 0.2) is 45.6 Å². The van der Waals surface area contributed by atoms with Gasteiger partial charge in [-0.1, -0.05) is 56.5 Å². The number of aromatic nitrogens is 3. The average molecular weight is 528 g/mol. The Hall–Kier alpha value is -3.52. The highest BCUT2D eigenvalue weighted by Gasteiger charge is 2.24. The summed E-state index contributed by atoms with van der Waals surface area (Å²) in [7, 11) is 1.72. The van der Waals surface area contributed by atoms with Crippen LogP contribution in [0.3, 0.4) is 0 Å². The summed E-state index contributed by atoms with van der Waals surface area (Å²) in [5.41, 5.74) is 8.36. The fourth-order valence-electron chi connectivity index (χ4n) is 5.59. The van der Waals surface area contributed by atoms with E-state index in [2.05, 4.69) is 71.4 Å². The minimum Gasteiger partial charge on any atom is -0.481 e. The highest BCUT2D eigenvalue weighted by Crippen LogP contribution is 2.35. The van der Waals surface area contributed by atoms with Crippen molar-refractivity contribution in [1.29, 1.82) is 0 Å². The van der Waals surface area contributed by atoms with Crippen molar-refractivity contribution in [3.63, 3.8) is 0 Å². The molecule has 1 N–H and O–H groups in total. The lowest BCUT2D eigenvalue weighted by Crippen LogP contribution is -2.46. The van der Waals surface area contributed by atoms with Gasteiger partial charge < -0.3 is 15.0 Å². The minimum atomic E-state index is 0.736. The molecular weight excluding hydrogens is 486 g/mol. The zero-order chi connectivity index (χ0) is 27.4. The summed E-state index contributed by atoms with van der Waals surface area (Å²) < 4.78 is 7.82. The molecule has 8 heteroatoms. The molecule has 3 aliphatic rings. The molecule has 1 aromatic carbocycles. The van der Waals surface area contributed by atoms with Crippen LogP contribution in [-0.4, -0.2) is 64.5 Å². The maximum atomic E-state index is 5.98. The molecule has 0 aliphatic carbocycles. The van der Waals surface area contributed by atoms with Crippen LogP contribution in [0.2, 0.25) is 0 Å². The van der Waals surface area contributed by atoms with E-state index in [1.165, 1.54) is 16.7 Å². The van der Waals surface area contributed by atoms with Crippen molar-refractivity contribution < 1.29 is 4.74 Å². The largest absolute Gasteiger partial charge is 0.481 e. The van der Waals surface area contributed by atoms with Gasteiger partial charge in [-0.3, -0.25) is 0 Å². The van der Waals surface area contributed by atoms with Gasteiger partial charge in [0.1, 0.15) is 11.7 Å². The van der Waals surface area contributed by atoms with Crippen molar-refractivity contribution in [2.24, 2.45) is 10.2 Å². The molecule has 4 heterocycles. The number of nitrogens with one attached hydrogen (secondary N) is 1. The predicted octanol–water partition coefficient (Wildman–Crippen LogP) is 5.46. The van der Waals surface area contributed by atoms with Gasteiger partial charge in [0.15, 0.2) is 5.82 Å². The van der Waals surface area contributed by atoms with Crippen LogP contribution in [-0.2, 0) is 11.2 Å². The number of methoxy groups -OCH3 is 1. The number of amidine groups is 1. The molecule has 1 aromatic heterocycles. The number of piperazine rings is 1. The molecule has 0 spiro atoms. The van der Waals surface area contributed by atoms with Crippen LogP contribution in [0.25, 0.3) is 17.5 Å². The second-order valence-electron chi connectivity index (χ2n) is 10.4. The van der Waals surface area contributed by atoms with Crippen molar-refractivity contribution in [2.45, 2.75) is 66.2 Å². The summed E-state index contributed by atoms with van der Waals surface area (Å²) in [6.45, 7) is 12.5. The van der Waals surface area contributed by atoms with Crippen LogP contribution in [0.4, 0.5) is 0 Å². The first-order chi connectivity index (χ1) is 19.0. The van der Waals surface area contributed by atoms with Gasteiger partial charge in [-0.15, -0.1) is 15.3 Å². The van der Waals surface area contributed by atoms with E-state index in [1.54, 1.807) is 7.11 Å². The SMILES string of the molecule is CCCc1cc(C2=C(OC)n3nc(C)nc3C=C(CC)C2)ccc1C1=NN=C(N2CCNCC2)CC(CC)=C1. The Labute approximate surface area is 232 Å². The van der Waals surface area contributed by atoms with E-state index < -0.39 is 0 Å². The Morgan fingerprint density at radius 3 is 2.46 bits per heavy atom. The summed E-state index contributed by atoms with van der Waals surface area (Å²) in [4.78, 5) is 7.02. The van der Waals surface area contributed by atoms with Crippen LogP contribution < -0.4 is 5.32 Å². The number of ether oxygens (including phenoxy) is 1. The van der Waals surface area contributed by atoms with E-state index >= 15 is 0 Å². The van der Waals surface area contributed by atoms with Gasteiger partial charge in [0.25, 0.3) is 0 Å². The van der Waals surface area contributed by atoms with Gasteiger partial charge in [0.2, 0.25) is 5.88 Å². The number of fused-ring (bicyclic) bond motifs is 1. The Morgan fingerprint density at radius 2 is 1.74 bits per heavy atom. The fraction of sp³-hybridized carbons (Fsp3) is 0.484. The topological polar surface area (TPSA) is 79.9 Å². The van der Waals surface area contributed by atoms with E-state index in [0.717, 1.165) is 110 Å². The zero-order valence-corrected chi connectivity index (χ0v) is 24.0. The molecule has 2 aromatic rings. The third kappa shape index (κ3) is 5.76. The van der Waals surface area contributed by atoms with Crippen LogP contribution in [0.1, 0.15) is 81.2 Å². The third-order valence-electron chi connectivity index (χ3n) is 7.76. The first-order valence-electron chi connectivity index (χ1n) is 14.4. The number of rotatable bonds is 7. The molecule has 0 saturated carbocycles. The number of hydrogen-bond donors (Lipinski definition) is 1. The summed E-state index contributed by atoms with van der Waals surface area (Å²) in [6.07, 6.45) is 10.0. The maximum absolute atomic E-state index is 5.98. The molecule has 1 fully saturated rings. The van der Waals surface area contributed by atoms with Crippen LogP contribution in [0, 0.1) is 6.92 Å². The van der Waals surface area contributed by atoms with E-state index in [-0.39, 0.29) is 0 Å². The summed E-state index contributed by atoms with van der Waals surface area (Å²) >= 11 is 0. The molecule has 0 atom stereocenters. The molecule has 3 aliphatic heterocycles. The van der Waals surface area contributed by atoms with Gasteiger partial charge in [0, 0.05) is 43.7 Å². The van der Waals surface area contributed by atoms with Gasteiger partial charge in [0.05, 0.1) is 12.8 Å². The Balaban J connectivity index is 1.58. The lowest BCUT2D eigenvalue weighted by molar-refractivity contribution is 0.337. The Kier molecular flexibility index (Phi) is 8.41. The molecule has 0 unspecified atom stereocenters. The summed E-state index contributed by atoms with van der Waals surface area (Å²) in [5.74, 6) is 3.38. The lowest BCUT2D eigenvalue weighted by atomic mass is 9.90. The molecule has 0 radical (unpaired) electrons. The second kappa shape index (κ2) is 12.1. The van der Waals surface area contributed by atoms with Crippen molar-refractivity contribution in [2.75, 3.05) is 33.3 Å². The van der Waals surface area contributed by atoms with Gasteiger partial charge in [-0.2, -0.15) is 4.68 Å². The standard InChI is InChI=1S/C31H41N7O/c1-6-9-24-20-25(27-16-22(7-2)18-29-33-21(4)36-38(29)31(27)39-5)10-11-26(24)28-17-23(8-3)19-30(35-34-28)37-14-12-32-13-15-37/h10-11,17-18,20,32H,6-9,12-16,19H2,1-5H3. The minimum absolute atomic E-state index is 0.736. The molecule has 0 bridgehead atoms. The predicted molar refractivity (Wildman–Crippen MR) is 160 cm³/mol. The number of allylic oxidation sites excluding steroid dienone is 3. The smallest absolute Gasteiger partial charge is 0.220 e. The monoisotopic (exact) mass is 527 g/mol. The second-order valence-corrected chi connectivity index (χ2v) is 10.4. The van der Waals surface area contributed by atoms with Crippen molar-refractivity contribution in [3.05, 3.63) is 63.8 Å². The normalized spacial score (nSPS) is 18.0.